The highest BCUT2D eigenvalue weighted by Gasteiger charge is 2.17. The summed E-state index contributed by atoms with van der Waals surface area (Å²) >= 11 is 1.70. The highest BCUT2D eigenvalue weighted by Crippen LogP contribution is 2.16. The fraction of sp³-hybridized carbons (Fsp3) is 0.778. The maximum atomic E-state index is 4.52. The average Bonchev–Trinajstić information content (AvgIpc) is 2.97. The molecule has 2 rings (SSSR count). The average molecular weight is 479 g/mol. The van der Waals surface area contributed by atoms with Crippen LogP contribution in [0.5, 0.6) is 0 Å². The first-order chi connectivity index (χ1) is 11.6. The number of nitrogens with zero attached hydrogens (tertiary/aromatic N) is 4. The van der Waals surface area contributed by atoms with Crippen molar-refractivity contribution in [3.63, 3.8) is 0 Å². The van der Waals surface area contributed by atoms with Crippen LogP contribution in [0, 0.1) is 6.92 Å². The molecule has 25 heavy (non-hydrogen) atoms. The molecule has 0 aliphatic carbocycles. The second kappa shape index (κ2) is 12.1. The minimum atomic E-state index is 0. The van der Waals surface area contributed by atoms with Crippen LogP contribution in [0.25, 0.3) is 0 Å². The summed E-state index contributed by atoms with van der Waals surface area (Å²) in [5, 5.41) is 6.72. The van der Waals surface area contributed by atoms with Crippen LogP contribution in [0.1, 0.15) is 49.7 Å². The number of guanidine groups is 1. The lowest BCUT2D eigenvalue weighted by atomic mass is 10.0. The van der Waals surface area contributed by atoms with Crippen LogP contribution in [0.2, 0.25) is 0 Å². The number of rotatable bonds is 7. The first-order valence-corrected chi connectivity index (χ1v) is 10.0. The van der Waals surface area contributed by atoms with E-state index in [-0.39, 0.29) is 24.0 Å². The van der Waals surface area contributed by atoms with Gasteiger partial charge in [-0.2, -0.15) is 0 Å². The third-order valence-corrected chi connectivity index (χ3v) is 5.56. The lowest BCUT2D eigenvalue weighted by Crippen LogP contribution is -2.40. The van der Waals surface area contributed by atoms with Gasteiger partial charge in [-0.1, -0.05) is 6.42 Å². The van der Waals surface area contributed by atoms with Crippen LogP contribution in [0.15, 0.2) is 10.4 Å². The number of halogens is 1. The standard InChI is InChI=1S/C18H33N5S.HI/c1-15-9-5-7-11-23(15)12-8-6-10-20-18(19-3)22(4)13-17-14-24-16(2)21-17;/h14-15H,5-13H2,1-4H3,(H,19,20);1H. The molecule has 0 aromatic carbocycles. The van der Waals surface area contributed by atoms with E-state index in [1.807, 2.05) is 14.0 Å². The third-order valence-electron chi connectivity index (χ3n) is 4.73. The molecule has 1 aliphatic heterocycles. The van der Waals surface area contributed by atoms with Crippen molar-refractivity contribution in [1.29, 1.82) is 0 Å². The molecule has 1 fully saturated rings. The molecule has 144 valence electrons. The van der Waals surface area contributed by atoms with E-state index < -0.39 is 0 Å². The third kappa shape index (κ3) is 7.78. The Hall–Kier alpha value is -0.410. The van der Waals surface area contributed by atoms with Gasteiger partial charge in [-0.3, -0.25) is 4.99 Å². The van der Waals surface area contributed by atoms with Crippen molar-refractivity contribution < 1.29 is 0 Å². The normalized spacial score (nSPS) is 18.7. The van der Waals surface area contributed by atoms with Gasteiger partial charge >= 0.3 is 0 Å². The van der Waals surface area contributed by atoms with Gasteiger partial charge in [0.05, 0.1) is 17.2 Å². The molecule has 1 unspecified atom stereocenters. The number of hydrogen-bond acceptors (Lipinski definition) is 4. The maximum Gasteiger partial charge on any atom is 0.193 e. The molecule has 1 aromatic rings. The number of aliphatic imine (C=N–C) groups is 1. The number of aryl methyl sites for hydroxylation is 1. The predicted molar refractivity (Wildman–Crippen MR) is 119 cm³/mol. The van der Waals surface area contributed by atoms with Gasteiger partial charge < -0.3 is 15.1 Å². The fourth-order valence-electron chi connectivity index (χ4n) is 3.31. The number of nitrogens with one attached hydrogen (secondary N) is 1. The zero-order chi connectivity index (χ0) is 17.4. The monoisotopic (exact) mass is 479 g/mol. The van der Waals surface area contributed by atoms with Gasteiger partial charge in [0, 0.05) is 32.1 Å². The summed E-state index contributed by atoms with van der Waals surface area (Å²) in [6, 6.07) is 0.771. The van der Waals surface area contributed by atoms with Crippen LogP contribution < -0.4 is 5.32 Å². The Balaban J connectivity index is 0.00000312. The van der Waals surface area contributed by atoms with E-state index in [4.69, 9.17) is 0 Å². The fourth-order valence-corrected chi connectivity index (χ4v) is 3.92. The second-order valence-corrected chi connectivity index (χ2v) is 7.84. The Morgan fingerprint density at radius 2 is 2.24 bits per heavy atom. The van der Waals surface area contributed by atoms with Crippen LogP contribution in [-0.2, 0) is 6.54 Å². The molecule has 0 bridgehead atoms. The number of hydrogen-bond donors (Lipinski definition) is 1. The zero-order valence-corrected chi connectivity index (χ0v) is 19.3. The van der Waals surface area contributed by atoms with Crippen molar-refractivity contribution in [3.05, 3.63) is 16.1 Å². The van der Waals surface area contributed by atoms with E-state index in [1.165, 1.54) is 45.2 Å². The molecule has 1 atom stereocenters. The van der Waals surface area contributed by atoms with Crippen LogP contribution in [0.4, 0.5) is 0 Å². The molecular formula is C18H34IN5S. The Morgan fingerprint density at radius 3 is 2.88 bits per heavy atom. The summed E-state index contributed by atoms with van der Waals surface area (Å²) in [5.74, 6) is 0.951. The lowest BCUT2D eigenvalue weighted by Gasteiger charge is -2.33. The minimum absolute atomic E-state index is 0. The van der Waals surface area contributed by atoms with Crippen LogP contribution >= 0.6 is 35.3 Å². The number of unbranched alkanes of at least 4 members (excludes halogenated alkanes) is 1. The van der Waals surface area contributed by atoms with Gasteiger partial charge in [0.1, 0.15) is 0 Å². The van der Waals surface area contributed by atoms with E-state index in [0.29, 0.717) is 0 Å². The van der Waals surface area contributed by atoms with E-state index in [9.17, 15) is 0 Å². The molecule has 7 heteroatoms. The summed E-state index contributed by atoms with van der Waals surface area (Å²) in [6.45, 7) is 8.71. The van der Waals surface area contributed by atoms with Crippen molar-refractivity contribution in [2.75, 3.05) is 33.7 Å². The molecule has 0 saturated carbocycles. The predicted octanol–water partition coefficient (Wildman–Crippen LogP) is 3.73. The summed E-state index contributed by atoms with van der Waals surface area (Å²) in [7, 11) is 3.92. The van der Waals surface area contributed by atoms with Crippen molar-refractivity contribution in [3.8, 4) is 0 Å². The number of thiazole rings is 1. The summed E-state index contributed by atoms with van der Waals surface area (Å²) < 4.78 is 0. The van der Waals surface area contributed by atoms with E-state index >= 15 is 0 Å². The number of likely N-dealkylation sites (tertiary alicyclic amines) is 1. The quantitative estimate of drug-likeness (QED) is 0.280. The molecule has 2 heterocycles. The molecule has 1 N–H and O–H groups in total. The van der Waals surface area contributed by atoms with E-state index in [2.05, 4.69) is 44.4 Å². The van der Waals surface area contributed by atoms with Gasteiger partial charge in [-0.25, -0.2) is 4.98 Å². The SMILES string of the molecule is CN=C(NCCCCN1CCCCC1C)N(C)Cc1csc(C)n1.I. The van der Waals surface area contributed by atoms with Crippen molar-refractivity contribution in [2.45, 2.75) is 58.5 Å². The minimum Gasteiger partial charge on any atom is -0.356 e. The summed E-state index contributed by atoms with van der Waals surface area (Å²) in [5.41, 5.74) is 1.11. The second-order valence-electron chi connectivity index (χ2n) is 6.78. The summed E-state index contributed by atoms with van der Waals surface area (Å²) in [4.78, 5) is 13.7. The number of piperidine rings is 1. The Morgan fingerprint density at radius 1 is 1.44 bits per heavy atom. The summed E-state index contributed by atoms with van der Waals surface area (Å²) in [6.07, 6.45) is 6.58. The van der Waals surface area contributed by atoms with Crippen LogP contribution in [0.3, 0.4) is 0 Å². The molecule has 1 aromatic heterocycles. The first-order valence-electron chi connectivity index (χ1n) is 9.17. The molecule has 1 aliphatic rings. The van der Waals surface area contributed by atoms with Gasteiger partial charge in [-0.15, -0.1) is 35.3 Å². The molecule has 1 saturated heterocycles. The Kier molecular flexibility index (Phi) is 10.9. The molecular weight excluding hydrogens is 445 g/mol. The number of aromatic nitrogens is 1. The first kappa shape index (κ1) is 22.6. The van der Waals surface area contributed by atoms with Crippen molar-refractivity contribution in [2.24, 2.45) is 4.99 Å². The highest BCUT2D eigenvalue weighted by molar-refractivity contribution is 14.0. The van der Waals surface area contributed by atoms with Crippen molar-refractivity contribution >= 4 is 41.3 Å². The Bertz CT molecular complexity index is 519. The maximum absolute atomic E-state index is 4.52. The molecule has 0 amide bonds. The molecule has 0 radical (unpaired) electrons. The van der Waals surface area contributed by atoms with E-state index in [0.717, 1.165) is 35.8 Å². The zero-order valence-electron chi connectivity index (χ0n) is 16.1. The molecule has 0 spiro atoms. The van der Waals surface area contributed by atoms with Crippen LogP contribution in [-0.4, -0.2) is 60.5 Å². The largest absolute Gasteiger partial charge is 0.356 e. The topological polar surface area (TPSA) is 43.8 Å². The van der Waals surface area contributed by atoms with Crippen molar-refractivity contribution in [1.82, 2.24) is 20.1 Å². The van der Waals surface area contributed by atoms with E-state index in [1.54, 1.807) is 11.3 Å². The smallest absolute Gasteiger partial charge is 0.193 e. The highest BCUT2D eigenvalue weighted by atomic mass is 127. The van der Waals surface area contributed by atoms with Gasteiger partial charge in [0.25, 0.3) is 0 Å². The molecule has 5 nitrogen and oxygen atoms in total. The lowest BCUT2D eigenvalue weighted by molar-refractivity contribution is 0.158. The van der Waals surface area contributed by atoms with Gasteiger partial charge in [0.15, 0.2) is 5.96 Å². The Labute approximate surface area is 174 Å². The van der Waals surface area contributed by atoms with Gasteiger partial charge in [0.2, 0.25) is 0 Å². The van der Waals surface area contributed by atoms with Gasteiger partial charge in [-0.05, 0) is 52.6 Å².